The molecule has 0 spiro atoms. The molecule has 0 aromatic carbocycles. The predicted octanol–water partition coefficient (Wildman–Crippen LogP) is 0.899. The van der Waals surface area contributed by atoms with Crippen molar-refractivity contribution in [2.45, 2.75) is 39.4 Å². The zero-order valence-corrected chi connectivity index (χ0v) is 14.0. The standard InChI is InChI=1S/C15H31FN2O4/c1-13(2)17-5-7-21-9-11-22-10-8-20-6-4-15(16)12-18-14(3)19/h13,15,17H,4-12H2,1-3H3,(H,18,19). The first-order valence-corrected chi connectivity index (χ1v) is 7.87. The van der Waals surface area contributed by atoms with Crippen molar-refractivity contribution in [1.29, 1.82) is 0 Å². The summed E-state index contributed by atoms with van der Waals surface area (Å²) in [5.74, 6) is -0.223. The Kier molecular flexibility index (Phi) is 14.6. The monoisotopic (exact) mass is 322 g/mol. The van der Waals surface area contributed by atoms with E-state index >= 15 is 0 Å². The minimum Gasteiger partial charge on any atom is -0.379 e. The zero-order valence-electron chi connectivity index (χ0n) is 14.0. The predicted molar refractivity (Wildman–Crippen MR) is 83.8 cm³/mol. The number of ether oxygens (including phenoxy) is 3. The molecule has 0 aromatic heterocycles. The number of halogens is 1. The van der Waals surface area contributed by atoms with Crippen LogP contribution in [-0.4, -0.2) is 70.9 Å². The third kappa shape index (κ3) is 17.3. The quantitative estimate of drug-likeness (QED) is 0.438. The fraction of sp³-hybridized carbons (Fsp3) is 0.933. The summed E-state index contributed by atoms with van der Waals surface area (Å²) in [6.45, 7) is 9.40. The lowest BCUT2D eigenvalue weighted by molar-refractivity contribution is -0.119. The second-order valence-corrected chi connectivity index (χ2v) is 5.27. The minimum atomic E-state index is -1.07. The molecular weight excluding hydrogens is 291 g/mol. The first-order valence-electron chi connectivity index (χ1n) is 7.87. The topological polar surface area (TPSA) is 68.8 Å². The summed E-state index contributed by atoms with van der Waals surface area (Å²) in [7, 11) is 0. The molecule has 0 rings (SSSR count). The van der Waals surface area contributed by atoms with Crippen LogP contribution in [0, 0.1) is 0 Å². The van der Waals surface area contributed by atoms with Crippen LogP contribution in [0.25, 0.3) is 0 Å². The van der Waals surface area contributed by atoms with Gasteiger partial charge >= 0.3 is 0 Å². The summed E-state index contributed by atoms with van der Waals surface area (Å²) in [5, 5.41) is 5.68. The highest BCUT2D eigenvalue weighted by atomic mass is 19.1. The fourth-order valence-corrected chi connectivity index (χ4v) is 1.53. The summed E-state index contributed by atoms with van der Waals surface area (Å²) in [4.78, 5) is 10.6. The van der Waals surface area contributed by atoms with Crippen molar-refractivity contribution < 1.29 is 23.4 Å². The molecule has 0 heterocycles. The highest BCUT2D eigenvalue weighted by Gasteiger charge is 2.06. The van der Waals surface area contributed by atoms with E-state index in [0.29, 0.717) is 45.7 Å². The van der Waals surface area contributed by atoms with E-state index in [9.17, 15) is 9.18 Å². The number of alkyl halides is 1. The average Bonchev–Trinajstić information content (AvgIpc) is 2.45. The molecule has 1 unspecified atom stereocenters. The Morgan fingerprint density at radius 2 is 1.55 bits per heavy atom. The van der Waals surface area contributed by atoms with Crippen molar-refractivity contribution in [3.05, 3.63) is 0 Å². The van der Waals surface area contributed by atoms with Crippen LogP contribution in [-0.2, 0) is 19.0 Å². The van der Waals surface area contributed by atoms with Gasteiger partial charge in [0.2, 0.25) is 5.91 Å². The molecule has 132 valence electrons. The summed E-state index contributed by atoms with van der Waals surface area (Å²) in [5.41, 5.74) is 0. The Hall–Kier alpha value is -0.760. The molecule has 0 aliphatic heterocycles. The molecule has 0 saturated heterocycles. The van der Waals surface area contributed by atoms with Crippen LogP contribution < -0.4 is 10.6 Å². The van der Waals surface area contributed by atoms with Gasteiger partial charge in [0.15, 0.2) is 0 Å². The maximum atomic E-state index is 13.2. The highest BCUT2D eigenvalue weighted by molar-refractivity contribution is 5.72. The van der Waals surface area contributed by atoms with Gasteiger partial charge in [-0.25, -0.2) is 4.39 Å². The van der Waals surface area contributed by atoms with Gasteiger partial charge in [-0.2, -0.15) is 0 Å². The van der Waals surface area contributed by atoms with Gasteiger partial charge in [-0.05, 0) is 0 Å². The lowest BCUT2D eigenvalue weighted by Gasteiger charge is -2.10. The summed E-state index contributed by atoms with van der Waals surface area (Å²) >= 11 is 0. The van der Waals surface area contributed by atoms with Crippen LogP contribution in [0.5, 0.6) is 0 Å². The number of carbonyl (C=O) groups is 1. The Morgan fingerprint density at radius 1 is 1.00 bits per heavy atom. The normalized spacial score (nSPS) is 12.6. The fourth-order valence-electron chi connectivity index (χ4n) is 1.53. The van der Waals surface area contributed by atoms with Crippen molar-refractivity contribution in [3.63, 3.8) is 0 Å². The third-order valence-electron chi connectivity index (χ3n) is 2.69. The van der Waals surface area contributed by atoms with E-state index in [1.807, 2.05) is 0 Å². The summed E-state index contributed by atoms with van der Waals surface area (Å²) in [6, 6.07) is 0.471. The van der Waals surface area contributed by atoms with Crippen LogP contribution in [0.1, 0.15) is 27.2 Å². The van der Waals surface area contributed by atoms with Crippen LogP contribution >= 0.6 is 0 Å². The molecule has 2 N–H and O–H groups in total. The van der Waals surface area contributed by atoms with Gasteiger partial charge < -0.3 is 24.8 Å². The first-order chi connectivity index (χ1) is 10.5. The van der Waals surface area contributed by atoms with Crippen LogP contribution in [0.2, 0.25) is 0 Å². The van der Waals surface area contributed by atoms with Gasteiger partial charge in [-0.15, -0.1) is 0 Å². The van der Waals surface area contributed by atoms with E-state index in [1.165, 1.54) is 6.92 Å². The summed E-state index contributed by atoms with van der Waals surface area (Å²) < 4.78 is 29.2. The van der Waals surface area contributed by atoms with E-state index in [0.717, 1.165) is 6.54 Å². The third-order valence-corrected chi connectivity index (χ3v) is 2.69. The number of hydrogen-bond acceptors (Lipinski definition) is 5. The molecule has 1 atom stereocenters. The number of carbonyl (C=O) groups excluding carboxylic acids is 1. The van der Waals surface area contributed by atoms with Crippen LogP contribution in [0.3, 0.4) is 0 Å². The molecule has 0 saturated carbocycles. The van der Waals surface area contributed by atoms with Crippen molar-refractivity contribution in [2.75, 3.05) is 52.7 Å². The SMILES string of the molecule is CC(=O)NCC(F)CCOCCOCCOCCNC(C)C. The number of rotatable bonds is 15. The Bertz CT molecular complexity index is 268. The second-order valence-electron chi connectivity index (χ2n) is 5.27. The van der Waals surface area contributed by atoms with Gasteiger partial charge in [0.05, 0.1) is 33.0 Å². The number of amides is 1. The Labute approximate surface area is 133 Å². The maximum Gasteiger partial charge on any atom is 0.216 e. The molecular formula is C15H31FN2O4. The number of nitrogens with one attached hydrogen (secondary N) is 2. The van der Waals surface area contributed by atoms with Crippen molar-refractivity contribution in [2.24, 2.45) is 0 Å². The second kappa shape index (κ2) is 15.1. The van der Waals surface area contributed by atoms with E-state index in [2.05, 4.69) is 24.5 Å². The van der Waals surface area contributed by atoms with Crippen LogP contribution in [0.4, 0.5) is 4.39 Å². The lowest BCUT2D eigenvalue weighted by Crippen LogP contribution is -2.28. The first kappa shape index (κ1) is 21.2. The molecule has 0 aliphatic rings. The van der Waals surface area contributed by atoms with Crippen molar-refractivity contribution in [3.8, 4) is 0 Å². The van der Waals surface area contributed by atoms with Gasteiger partial charge in [-0.3, -0.25) is 4.79 Å². The molecule has 22 heavy (non-hydrogen) atoms. The van der Waals surface area contributed by atoms with Crippen LogP contribution in [0.15, 0.2) is 0 Å². The summed E-state index contributed by atoms with van der Waals surface area (Å²) in [6.07, 6.45) is -0.802. The van der Waals surface area contributed by atoms with E-state index in [1.54, 1.807) is 0 Å². The largest absolute Gasteiger partial charge is 0.379 e. The molecule has 0 bridgehead atoms. The molecule has 7 heteroatoms. The van der Waals surface area contributed by atoms with E-state index in [4.69, 9.17) is 14.2 Å². The molecule has 1 amide bonds. The lowest BCUT2D eigenvalue weighted by atomic mass is 10.3. The van der Waals surface area contributed by atoms with Gasteiger partial charge in [-0.1, -0.05) is 13.8 Å². The molecule has 0 fully saturated rings. The smallest absolute Gasteiger partial charge is 0.216 e. The van der Waals surface area contributed by atoms with E-state index < -0.39 is 6.17 Å². The van der Waals surface area contributed by atoms with Gasteiger partial charge in [0, 0.05) is 39.1 Å². The average molecular weight is 322 g/mol. The van der Waals surface area contributed by atoms with Crippen molar-refractivity contribution >= 4 is 5.91 Å². The molecule has 0 radical (unpaired) electrons. The Morgan fingerprint density at radius 3 is 2.09 bits per heavy atom. The van der Waals surface area contributed by atoms with Gasteiger partial charge in [0.1, 0.15) is 6.17 Å². The van der Waals surface area contributed by atoms with Gasteiger partial charge in [0.25, 0.3) is 0 Å². The van der Waals surface area contributed by atoms with E-state index in [-0.39, 0.29) is 18.9 Å². The minimum absolute atomic E-state index is 0.0399. The maximum absolute atomic E-state index is 13.2. The molecule has 6 nitrogen and oxygen atoms in total. The molecule has 0 aliphatic carbocycles. The number of hydrogen-bond donors (Lipinski definition) is 2. The zero-order chi connectivity index (χ0) is 16.6. The Balaban J connectivity index is 3.12. The van der Waals surface area contributed by atoms with Crippen molar-refractivity contribution in [1.82, 2.24) is 10.6 Å². The molecule has 0 aromatic rings. The highest BCUT2D eigenvalue weighted by Crippen LogP contribution is 1.96.